The molecule has 1 atom stereocenters. The van der Waals surface area contributed by atoms with Crippen LogP contribution in [-0.2, 0) is 17.9 Å². The molecule has 0 aliphatic rings. The minimum Gasteiger partial charge on any atom is -0.350 e. The molecule has 0 aliphatic heterocycles. The van der Waals surface area contributed by atoms with Gasteiger partial charge in [-0.3, -0.25) is 13.9 Å². The number of rotatable bonds is 7. The third-order valence-electron chi connectivity index (χ3n) is 5.38. The van der Waals surface area contributed by atoms with E-state index in [0.717, 1.165) is 22.3 Å². The Labute approximate surface area is 174 Å². The van der Waals surface area contributed by atoms with Gasteiger partial charge < -0.3 is 9.88 Å². The van der Waals surface area contributed by atoms with E-state index >= 15 is 0 Å². The molecule has 4 aromatic rings. The maximum atomic E-state index is 12.7. The van der Waals surface area contributed by atoms with Crippen LogP contribution < -0.4 is 11.0 Å². The number of para-hydroxylation sites is 2. The summed E-state index contributed by atoms with van der Waals surface area (Å²) in [6.07, 6.45) is 5.62. The minimum absolute atomic E-state index is 0.0744. The quantitative estimate of drug-likeness (QED) is 0.515. The first-order chi connectivity index (χ1) is 14.6. The molecular formula is C23H25N5O2. The molecule has 0 radical (unpaired) electrons. The first-order valence-corrected chi connectivity index (χ1v) is 10.1. The second-order valence-corrected chi connectivity index (χ2v) is 7.27. The number of hydrogen-bond donors (Lipinski definition) is 1. The first-order valence-electron chi connectivity index (χ1n) is 10.1. The zero-order valence-corrected chi connectivity index (χ0v) is 17.2. The number of aryl methyl sites for hydroxylation is 2. The highest BCUT2D eigenvalue weighted by Gasteiger charge is 2.14. The fourth-order valence-electron chi connectivity index (χ4n) is 3.75. The van der Waals surface area contributed by atoms with Crippen LogP contribution in [0.2, 0.25) is 0 Å². The van der Waals surface area contributed by atoms with Gasteiger partial charge in [-0.05, 0) is 43.7 Å². The minimum atomic E-state index is -0.122. The molecule has 1 N–H and O–H groups in total. The first kappa shape index (κ1) is 19.7. The smallest absolute Gasteiger partial charge is 0.329 e. The van der Waals surface area contributed by atoms with Gasteiger partial charge in [-0.1, -0.05) is 24.3 Å². The Bertz CT molecular complexity index is 1200. The van der Waals surface area contributed by atoms with Gasteiger partial charge in [-0.25, -0.2) is 9.78 Å². The van der Waals surface area contributed by atoms with Crippen molar-refractivity contribution in [1.82, 2.24) is 24.0 Å². The second kappa shape index (κ2) is 8.41. The van der Waals surface area contributed by atoms with E-state index < -0.39 is 0 Å². The van der Waals surface area contributed by atoms with E-state index in [9.17, 15) is 9.59 Å². The SMILES string of the molecule is CCn1c(=O)n(CCC(=O)N[C@H](C)c2ccc(-n3ccnc3)cc2)c2ccccc21. The highest BCUT2D eigenvalue weighted by Crippen LogP contribution is 2.16. The van der Waals surface area contributed by atoms with Crippen molar-refractivity contribution in [3.05, 3.63) is 83.3 Å². The van der Waals surface area contributed by atoms with Crippen molar-refractivity contribution in [3.63, 3.8) is 0 Å². The van der Waals surface area contributed by atoms with Crippen LogP contribution in [0.1, 0.15) is 31.9 Å². The van der Waals surface area contributed by atoms with Gasteiger partial charge in [0.05, 0.1) is 23.4 Å². The van der Waals surface area contributed by atoms with Crippen LogP contribution in [0, 0.1) is 0 Å². The fraction of sp³-hybridized carbons (Fsp3) is 0.261. The summed E-state index contributed by atoms with van der Waals surface area (Å²) in [5.74, 6) is -0.0820. The van der Waals surface area contributed by atoms with Crippen LogP contribution in [0.5, 0.6) is 0 Å². The third kappa shape index (κ3) is 3.78. The van der Waals surface area contributed by atoms with E-state index in [1.54, 1.807) is 21.7 Å². The van der Waals surface area contributed by atoms with Crippen molar-refractivity contribution in [2.75, 3.05) is 0 Å². The molecule has 1 amide bonds. The average molecular weight is 403 g/mol. The number of nitrogens with one attached hydrogen (secondary N) is 1. The lowest BCUT2D eigenvalue weighted by atomic mass is 10.1. The summed E-state index contributed by atoms with van der Waals surface area (Å²) < 4.78 is 5.35. The zero-order chi connectivity index (χ0) is 21.1. The maximum absolute atomic E-state index is 12.7. The molecule has 7 nitrogen and oxygen atoms in total. The molecule has 154 valence electrons. The van der Waals surface area contributed by atoms with E-state index in [1.165, 1.54) is 0 Å². The zero-order valence-electron chi connectivity index (χ0n) is 17.2. The fourth-order valence-corrected chi connectivity index (χ4v) is 3.75. The van der Waals surface area contributed by atoms with Gasteiger partial charge in [0.15, 0.2) is 0 Å². The van der Waals surface area contributed by atoms with E-state index in [-0.39, 0.29) is 24.1 Å². The third-order valence-corrected chi connectivity index (χ3v) is 5.38. The van der Waals surface area contributed by atoms with Crippen molar-refractivity contribution in [3.8, 4) is 5.69 Å². The van der Waals surface area contributed by atoms with Crippen LogP contribution in [0.3, 0.4) is 0 Å². The number of fused-ring (bicyclic) bond motifs is 1. The predicted octanol–water partition coefficient (Wildman–Crippen LogP) is 3.28. The van der Waals surface area contributed by atoms with Crippen molar-refractivity contribution in [1.29, 1.82) is 0 Å². The Kier molecular flexibility index (Phi) is 5.52. The second-order valence-electron chi connectivity index (χ2n) is 7.27. The lowest BCUT2D eigenvalue weighted by Gasteiger charge is -2.15. The van der Waals surface area contributed by atoms with Crippen LogP contribution >= 0.6 is 0 Å². The highest BCUT2D eigenvalue weighted by molar-refractivity contribution is 5.78. The molecule has 0 bridgehead atoms. The van der Waals surface area contributed by atoms with Gasteiger partial charge in [0.25, 0.3) is 0 Å². The number of hydrogen-bond acceptors (Lipinski definition) is 3. The molecule has 2 heterocycles. The average Bonchev–Trinajstić information content (AvgIpc) is 3.38. The number of imidazole rings is 2. The molecule has 30 heavy (non-hydrogen) atoms. The summed E-state index contributed by atoms with van der Waals surface area (Å²) in [5, 5.41) is 3.03. The van der Waals surface area contributed by atoms with E-state index in [1.807, 2.05) is 73.1 Å². The summed E-state index contributed by atoms with van der Waals surface area (Å²) in [6.45, 7) is 4.86. The van der Waals surface area contributed by atoms with Crippen molar-refractivity contribution in [2.24, 2.45) is 0 Å². The van der Waals surface area contributed by atoms with Crippen LogP contribution in [0.25, 0.3) is 16.7 Å². The lowest BCUT2D eigenvalue weighted by Crippen LogP contribution is -2.30. The molecule has 0 fully saturated rings. The Morgan fingerprint density at radius 3 is 2.40 bits per heavy atom. The number of carbonyl (C=O) groups is 1. The maximum Gasteiger partial charge on any atom is 0.329 e. The largest absolute Gasteiger partial charge is 0.350 e. The molecule has 0 unspecified atom stereocenters. The summed E-state index contributed by atoms with van der Waals surface area (Å²) >= 11 is 0. The summed E-state index contributed by atoms with van der Waals surface area (Å²) in [7, 11) is 0. The Morgan fingerprint density at radius 2 is 1.77 bits per heavy atom. The number of aromatic nitrogens is 4. The van der Waals surface area contributed by atoms with Gasteiger partial charge in [0.1, 0.15) is 0 Å². The Morgan fingerprint density at radius 1 is 1.07 bits per heavy atom. The molecule has 2 aromatic heterocycles. The standard InChI is InChI=1S/C23H25N5O2/c1-3-27-20-6-4-5-7-21(20)28(23(27)30)14-12-22(29)25-17(2)18-8-10-19(11-9-18)26-15-13-24-16-26/h4-11,13,15-17H,3,12,14H2,1-2H3,(H,25,29)/t17-/m1/s1. The van der Waals surface area contributed by atoms with Crippen LogP contribution in [-0.4, -0.2) is 24.6 Å². The molecule has 0 saturated carbocycles. The molecule has 2 aromatic carbocycles. The molecule has 0 aliphatic carbocycles. The molecular weight excluding hydrogens is 378 g/mol. The summed E-state index contributed by atoms with van der Waals surface area (Å²) in [6, 6.07) is 15.6. The van der Waals surface area contributed by atoms with Gasteiger partial charge in [0.2, 0.25) is 5.91 Å². The van der Waals surface area contributed by atoms with E-state index in [2.05, 4.69) is 10.3 Å². The Balaban J connectivity index is 1.41. The topological polar surface area (TPSA) is 73.8 Å². The number of carbonyl (C=O) groups excluding carboxylic acids is 1. The van der Waals surface area contributed by atoms with Crippen molar-refractivity contribution in [2.45, 2.75) is 39.4 Å². The van der Waals surface area contributed by atoms with Gasteiger partial charge in [-0.2, -0.15) is 0 Å². The van der Waals surface area contributed by atoms with Crippen LogP contribution in [0.4, 0.5) is 0 Å². The van der Waals surface area contributed by atoms with E-state index in [0.29, 0.717) is 13.1 Å². The van der Waals surface area contributed by atoms with Crippen molar-refractivity contribution >= 4 is 16.9 Å². The van der Waals surface area contributed by atoms with E-state index in [4.69, 9.17) is 0 Å². The highest BCUT2D eigenvalue weighted by atomic mass is 16.2. The number of nitrogens with zero attached hydrogens (tertiary/aromatic N) is 4. The monoisotopic (exact) mass is 403 g/mol. The Hall–Kier alpha value is -3.61. The lowest BCUT2D eigenvalue weighted by molar-refractivity contribution is -0.121. The van der Waals surface area contributed by atoms with Gasteiger partial charge >= 0.3 is 5.69 Å². The molecule has 0 saturated heterocycles. The normalized spacial score (nSPS) is 12.2. The molecule has 7 heteroatoms. The summed E-state index contributed by atoms with van der Waals surface area (Å²) in [5.41, 5.74) is 3.72. The molecule has 0 spiro atoms. The number of benzene rings is 2. The van der Waals surface area contributed by atoms with Crippen LogP contribution in [0.15, 0.2) is 72.0 Å². The predicted molar refractivity (Wildman–Crippen MR) is 117 cm³/mol. The summed E-state index contributed by atoms with van der Waals surface area (Å²) in [4.78, 5) is 29.3. The van der Waals surface area contributed by atoms with Gasteiger partial charge in [0, 0.05) is 37.6 Å². The van der Waals surface area contributed by atoms with Crippen molar-refractivity contribution < 1.29 is 4.79 Å². The molecule has 4 rings (SSSR count). The van der Waals surface area contributed by atoms with Gasteiger partial charge in [-0.15, -0.1) is 0 Å². The number of amides is 1.